The standard InChI is InChI=1S/C19H34N2O2/c1-4-7-19(8-5-2)16(22)13-18(14-17(19)23)9-12-21(15-18)11-6-10-20-3/h20H,4-15H2,1-3H3. The van der Waals surface area contributed by atoms with Crippen LogP contribution in [-0.4, -0.2) is 49.7 Å². The van der Waals surface area contributed by atoms with Gasteiger partial charge in [0.2, 0.25) is 0 Å². The van der Waals surface area contributed by atoms with Gasteiger partial charge in [0.05, 0.1) is 5.41 Å². The molecule has 0 aromatic heterocycles. The highest BCUT2D eigenvalue weighted by molar-refractivity contribution is 6.09. The van der Waals surface area contributed by atoms with Gasteiger partial charge in [-0.2, -0.15) is 0 Å². The van der Waals surface area contributed by atoms with Crippen molar-refractivity contribution in [2.45, 2.75) is 65.2 Å². The molecule has 1 aliphatic heterocycles. The Balaban J connectivity index is 2.04. The Kier molecular flexibility index (Phi) is 6.38. The Morgan fingerprint density at radius 2 is 1.70 bits per heavy atom. The minimum absolute atomic E-state index is 0.0568. The summed E-state index contributed by atoms with van der Waals surface area (Å²) in [4.78, 5) is 28.4. The van der Waals surface area contributed by atoms with Gasteiger partial charge in [-0.3, -0.25) is 9.59 Å². The van der Waals surface area contributed by atoms with E-state index in [1.165, 1.54) is 0 Å². The lowest BCUT2D eigenvalue weighted by atomic mass is 9.59. The lowest BCUT2D eigenvalue weighted by Crippen LogP contribution is -2.50. The van der Waals surface area contributed by atoms with Gasteiger partial charge in [-0.1, -0.05) is 26.7 Å². The van der Waals surface area contributed by atoms with E-state index in [2.05, 4.69) is 24.1 Å². The van der Waals surface area contributed by atoms with E-state index >= 15 is 0 Å². The number of Topliss-reactive ketones (excluding diaryl/α,β-unsaturated/α-hetero) is 2. The van der Waals surface area contributed by atoms with Crippen molar-refractivity contribution in [1.82, 2.24) is 10.2 Å². The Hall–Kier alpha value is -0.740. The summed E-state index contributed by atoms with van der Waals surface area (Å²) in [5.41, 5.74) is -0.701. The van der Waals surface area contributed by atoms with E-state index in [0.717, 1.165) is 64.7 Å². The van der Waals surface area contributed by atoms with Crippen LogP contribution in [0.5, 0.6) is 0 Å². The van der Waals surface area contributed by atoms with Gasteiger partial charge in [-0.25, -0.2) is 0 Å². The molecule has 1 aliphatic carbocycles. The molecule has 2 aliphatic rings. The van der Waals surface area contributed by atoms with Crippen LogP contribution in [0.2, 0.25) is 0 Å². The molecule has 0 aromatic carbocycles. The van der Waals surface area contributed by atoms with Crippen molar-refractivity contribution < 1.29 is 9.59 Å². The number of hydrogen-bond acceptors (Lipinski definition) is 4. The Morgan fingerprint density at radius 3 is 2.22 bits per heavy atom. The molecule has 1 heterocycles. The lowest BCUT2D eigenvalue weighted by Gasteiger charge is -2.42. The molecule has 0 aromatic rings. The topological polar surface area (TPSA) is 49.4 Å². The van der Waals surface area contributed by atoms with Crippen LogP contribution in [0.15, 0.2) is 0 Å². The number of hydrogen-bond donors (Lipinski definition) is 1. The fourth-order valence-electron chi connectivity index (χ4n) is 4.76. The highest BCUT2D eigenvalue weighted by Crippen LogP contribution is 2.49. The highest BCUT2D eigenvalue weighted by atomic mass is 16.2. The summed E-state index contributed by atoms with van der Waals surface area (Å²) in [6.45, 7) is 8.24. The van der Waals surface area contributed by atoms with Gasteiger partial charge in [0.1, 0.15) is 11.6 Å². The van der Waals surface area contributed by atoms with Crippen LogP contribution in [-0.2, 0) is 9.59 Å². The summed E-state index contributed by atoms with van der Waals surface area (Å²) in [6, 6.07) is 0. The number of rotatable bonds is 8. The third kappa shape index (κ3) is 3.85. The summed E-state index contributed by atoms with van der Waals surface area (Å²) < 4.78 is 0. The molecule has 4 heteroatoms. The quantitative estimate of drug-likeness (QED) is 0.551. The molecule has 1 N–H and O–H groups in total. The van der Waals surface area contributed by atoms with Gasteiger partial charge in [0.15, 0.2) is 0 Å². The van der Waals surface area contributed by atoms with Crippen molar-refractivity contribution in [3.05, 3.63) is 0 Å². The van der Waals surface area contributed by atoms with Gasteiger partial charge in [-0.15, -0.1) is 0 Å². The van der Waals surface area contributed by atoms with Gasteiger partial charge < -0.3 is 10.2 Å². The monoisotopic (exact) mass is 322 g/mol. The SMILES string of the molecule is CCCC1(CCC)C(=O)CC2(CCN(CCCNC)C2)CC1=O. The van der Waals surface area contributed by atoms with Gasteiger partial charge in [0.25, 0.3) is 0 Å². The van der Waals surface area contributed by atoms with Crippen LogP contribution < -0.4 is 5.32 Å². The third-order valence-corrected chi connectivity index (χ3v) is 5.91. The molecule has 2 rings (SSSR count). The molecular formula is C19H34N2O2. The van der Waals surface area contributed by atoms with E-state index in [-0.39, 0.29) is 17.0 Å². The molecule has 1 spiro atoms. The first-order valence-corrected chi connectivity index (χ1v) is 9.45. The average molecular weight is 322 g/mol. The number of nitrogens with zero attached hydrogens (tertiary/aromatic N) is 1. The first-order chi connectivity index (χ1) is 11.0. The third-order valence-electron chi connectivity index (χ3n) is 5.91. The Bertz CT molecular complexity index is 407. The van der Waals surface area contributed by atoms with Crippen molar-refractivity contribution in [3.63, 3.8) is 0 Å². The molecular weight excluding hydrogens is 288 g/mol. The zero-order valence-corrected chi connectivity index (χ0v) is 15.2. The molecule has 1 saturated carbocycles. The van der Waals surface area contributed by atoms with Crippen LogP contribution in [0.1, 0.15) is 65.2 Å². The molecule has 0 atom stereocenters. The maximum atomic E-state index is 13.0. The molecule has 132 valence electrons. The molecule has 0 unspecified atom stereocenters. The smallest absolute Gasteiger partial charge is 0.147 e. The fraction of sp³-hybridized carbons (Fsp3) is 0.895. The summed E-state index contributed by atoms with van der Waals surface area (Å²) in [6.07, 6.45) is 6.73. The van der Waals surface area contributed by atoms with Gasteiger partial charge in [-0.05, 0) is 57.8 Å². The van der Waals surface area contributed by atoms with E-state index in [1.54, 1.807) is 0 Å². The summed E-state index contributed by atoms with van der Waals surface area (Å²) in [5, 5.41) is 3.18. The first-order valence-electron chi connectivity index (χ1n) is 9.45. The fourth-order valence-corrected chi connectivity index (χ4v) is 4.76. The summed E-state index contributed by atoms with van der Waals surface area (Å²) >= 11 is 0. The number of ketones is 2. The highest BCUT2D eigenvalue weighted by Gasteiger charge is 2.54. The minimum Gasteiger partial charge on any atom is -0.320 e. The van der Waals surface area contributed by atoms with Crippen molar-refractivity contribution in [1.29, 1.82) is 0 Å². The van der Waals surface area contributed by atoms with Crippen molar-refractivity contribution in [2.24, 2.45) is 10.8 Å². The number of nitrogens with one attached hydrogen (secondary N) is 1. The van der Waals surface area contributed by atoms with Crippen LogP contribution in [0.4, 0.5) is 0 Å². The molecule has 0 radical (unpaired) electrons. The van der Waals surface area contributed by atoms with Crippen LogP contribution in [0.3, 0.4) is 0 Å². The molecule has 1 saturated heterocycles. The van der Waals surface area contributed by atoms with Gasteiger partial charge in [0, 0.05) is 19.4 Å². The minimum atomic E-state index is -0.645. The van der Waals surface area contributed by atoms with E-state index in [9.17, 15) is 9.59 Å². The van der Waals surface area contributed by atoms with Gasteiger partial charge >= 0.3 is 0 Å². The first kappa shape index (κ1) is 18.6. The van der Waals surface area contributed by atoms with Crippen LogP contribution in [0.25, 0.3) is 0 Å². The predicted octanol–water partition coefficient (Wildman–Crippen LogP) is 2.81. The normalized spacial score (nSPS) is 23.8. The molecule has 23 heavy (non-hydrogen) atoms. The molecule has 2 fully saturated rings. The maximum Gasteiger partial charge on any atom is 0.147 e. The van der Waals surface area contributed by atoms with E-state index in [0.29, 0.717) is 12.8 Å². The largest absolute Gasteiger partial charge is 0.320 e. The van der Waals surface area contributed by atoms with Crippen LogP contribution in [0, 0.1) is 10.8 Å². The maximum absolute atomic E-state index is 13.0. The lowest BCUT2D eigenvalue weighted by molar-refractivity contribution is -0.150. The number of carbonyl (C=O) groups is 2. The second kappa shape index (κ2) is 7.89. The number of likely N-dealkylation sites (tertiary alicyclic amines) is 1. The second-order valence-corrected chi connectivity index (χ2v) is 7.77. The Labute approximate surface area is 141 Å². The van der Waals surface area contributed by atoms with Crippen molar-refractivity contribution in [2.75, 3.05) is 33.2 Å². The zero-order valence-electron chi connectivity index (χ0n) is 15.2. The van der Waals surface area contributed by atoms with E-state index in [1.807, 2.05) is 7.05 Å². The van der Waals surface area contributed by atoms with Crippen molar-refractivity contribution in [3.8, 4) is 0 Å². The predicted molar refractivity (Wildman–Crippen MR) is 93.5 cm³/mol. The molecule has 0 amide bonds. The van der Waals surface area contributed by atoms with E-state index in [4.69, 9.17) is 0 Å². The summed E-state index contributed by atoms with van der Waals surface area (Å²) in [7, 11) is 1.98. The zero-order chi connectivity index (χ0) is 16.9. The number of carbonyl (C=O) groups excluding carboxylic acids is 2. The molecule has 0 bridgehead atoms. The average Bonchev–Trinajstić information content (AvgIpc) is 2.88. The van der Waals surface area contributed by atoms with E-state index < -0.39 is 5.41 Å². The second-order valence-electron chi connectivity index (χ2n) is 7.77. The summed E-state index contributed by atoms with van der Waals surface area (Å²) in [5.74, 6) is 0.490. The Morgan fingerprint density at radius 1 is 1.09 bits per heavy atom. The van der Waals surface area contributed by atoms with Crippen molar-refractivity contribution >= 4 is 11.6 Å². The van der Waals surface area contributed by atoms with Crippen LogP contribution >= 0.6 is 0 Å². The molecule has 4 nitrogen and oxygen atoms in total.